The number of alkyl halides is 3. The summed E-state index contributed by atoms with van der Waals surface area (Å²) in [5, 5.41) is 8.64. The van der Waals surface area contributed by atoms with E-state index < -0.39 is 11.7 Å². The number of aromatic nitrogens is 4. The molecule has 0 radical (unpaired) electrons. The van der Waals surface area contributed by atoms with Gasteiger partial charge in [-0.15, -0.1) is 10.2 Å². The van der Waals surface area contributed by atoms with Crippen molar-refractivity contribution in [1.82, 2.24) is 19.7 Å². The van der Waals surface area contributed by atoms with Crippen LogP contribution in [0.1, 0.15) is 22.5 Å². The fourth-order valence-electron chi connectivity index (χ4n) is 3.37. The summed E-state index contributed by atoms with van der Waals surface area (Å²) in [6.45, 7) is 1.47. The van der Waals surface area contributed by atoms with Crippen LogP contribution in [0.25, 0.3) is 17.2 Å². The Morgan fingerprint density at radius 1 is 0.867 bits per heavy atom. The van der Waals surface area contributed by atoms with E-state index in [1.54, 1.807) is 12.3 Å². The van der Waals surface area contributed by atoms with Crippen LogP contribution in [0.15, 0.2) is 72.9 Å². The average molecular weight is 408 g/mol. The van der Waals surface area contributed by atoms with Crippen molar-refractivity contribution in [3.05, 3.63) is 95.4 Å². The van der Waals surface area contributed by atoms with Crippen LogP contribution >= 0.6 is 0 Å². The van der Waals surface area contributed by atoms with Crippen LogP contribution in [0.5, 0.6) is 0 Å². The molecule has 0 N–H and O–H groups in total. The Morgan fingerprint density at radius 2 is 1.63 bits per heavy atom. The molecule has 0 saturated carbocycles. The van der Waals surface area contributed by atoms with Crippen LogP contribution in [0.3, 0.4) is 0 Å². The number of nitrogens with zero attached hydrogens (tertiary/aromatic N) is 4. The number of para-hydroxylation sites is 1. The van der Waals surface area contributed by atoms with Crippen molar-refractivity contribution in [3.8, 4) is 17.2 Å². The summed E-state index contributed by atoms with van der Waals surface area (Å²) in [6.07, 6.45) is -1.83. The molecule has 0 atom stereocenters. The van der Waals surface area contributed by atoms with Gasteiger partial charge in [0, 0.05) is 18.3 Å². The monoisotopic (exact) mass is 408 g/mol. The molecule has 0 aliphatic carbocycles. The quantitative estimate of drug-likeness (QED) is 0.442. The Hall–Kier alpha value is -3.48. The molecule has 0 bridgehead atoms. The van der Waals surface area contributed by atoms with Gasteiger partial charge in [-0.3, -0.25) is 9.55 Å². The summed E-state index contributed by atoms with van der Waals surface area (Å²) in [5.74, 6) is 1.26. The highest BCUT2D eigenvalue weighted by molar-refractivity contribution is 5.54. The highest BCUT2D eigenvalue weighted by atomic mass is 19.4. The lowest BCUT2D eigenvalue weighted by molar-refractivity contribution is -0.138. The van der Waals surface area contributed by atoms with Gasteiger partial charge >= 0.3 is 6.18 Å². The lowest BCUT2D eigenvalue weighted by Gasteiger charge is -2.13. The minimum atomic E-state index is -4.36. The van der Waals surface area contributed by atoms with Gasteiger partial charge in [0.15, 0.2) is 5.82 Å². The van der Waals surface area contributed by atoms with Crippen LogP contribution in [-0.2, 0) is 19.0 Å². The smallest absolute Gasteiger partial charge is 0.278 e. The predicted molar refractivity (Wildman–Crippen MR) is 108 cm³/mol. The summed E-state index contributed by atoms with van der Waals surface area (Å²) in [5.41, 5.74) is 1.78. The first-order valence-corrected chi connectivity index (χ1v) is 9.51. The molecule has 2 aromatic heterocycles. The number of pyridine rings is 1. The molecule has 0 spiro atoms. The van der Waals surface area contributed by atoms with Crippen molar-refractivity contribution < 1.29 is 13.2 Å². The lowest BCUT2D eigenvalue weighted by atomic mass is 10.0. The fraction of sp³-hybridized carbons (Fsp3) is 0.174. The molecule has 0 unspecified atom stereocenters. The second-order valence-electron chi connectivity index (χ2n) is 6.97. The molecule has 0 saturated heterocycles. The second kappa shape index (κ2) is 8.10. The van der Waals surface area contributed by atoms with Crippen LogP contribution in [0.2, 0.25) is 0 Å². The van der Waals surface area contributed by atoms with E-state index in [2.05, 4.69) is 15.2 Å². The molecule has 0 aliphatic rings. The standard InChI is InChI=1S/C23H19F3N4/c1-16-10-11-17(15-19(16)23(24,25)26)12-13-21-28-29-22(20-9-5-6-14-27-20)30(21)18-7-3-2-4-8-18/h2-11,14-15H,12-13H2,1H3. The van der Waals surface area contributed by atoms with E-state index in [1.165, 1.54) is 19.1 Å². The molecule has 0 amide bonds. The molecule has 0 aliphatic heterocycles. The van der Waals surface area contributed by atoms with E-state index in [0.717, 1.165) is 5.69 Å². The topological polar surface area (TPSA) is 43.6 Å². The maximum Gasteiger partial charge on any atom is 0.416 e. The second-order valence-corrected chi connectivity index (χ2v) is 6.97. The zero-order valence-corrected chi connectivity index (χ0v) is 16.3. The zero-order valence-electron chi connectivity index (χ0n) is 16.3. The number of hydrogen-bond donors (Lipinski definition) is 0. The molecule has 2 heterocycles. The first-order chi connectivity index (χ1) is 14.4. The third-order valence-electron chi connectivity index (χ3n) is 4.88. The van der Waals surface area contributed by atoms with Crippen molar-refractivity contribution >= 4 is 0 Å². The Kier molecular flexibility index (Phi) is 5.35. The summed E-state index contributed by atoms with van der Waals surface area (Å²) < 4.78 is 41.6. The Labute approximate surface area is 172 Å². The Bertz CT molecular complexity index is 1140. The highest BCUT2D eigenvalue weighted by Crippen LogP contribution is 2.32. The van der Waals surface area contributed by atoms with Crippen LogP contribution < -0.4 is 0 Å². The fourth-order valence-corrected chi connectivity index (χ4v) is 3.37. The van der Waals surface area contributed by atoms with Gasteiger partial charge < -0.3 is 0 Å². The average Bonchev–Trinajstić information content (AvgIpc) is 3.17. The lowest BCUT2D eigenvalue weighted by Crippen LogP contribution is -2.09. The summed E-state index contributed by atoms with van der Waals surface area (Å²) in [6, 6.07) is 19.6. The molecule has 30 heavy (non-hydrogen) atoms. The van der Waals surface area contributed by atoms with E-state index in [9.17, 15) is 13.2 Å². The number of benzene rings is 2. The van der Waals surface area contributed by atoms with Gasteiger partial charge in [0.05, 0.1) is 5.56 Å². The van der Waals surface area contributed by atoms with Gasteiger partial charge in [-0.05, 0) is 54.8 Å². The van der Waals surface area contributed by atoms with Gasteiger partial charge in [0.2, 0.25) is 0 Å². The summed E-state index contributed by atoms with van der Waals surface area (Å²) in [7, 11) is 0. The van der Waals surface area contributed by atoms with Crippen LogP contribution in [0, 0.1) is 6.92 Å². The van der Waals surface area contributed by atoms with E-state index in [0.29, 0.717) is 35.7 Å². The molecule has 4 rings (SSSR count). The van der Waals surface area contributed by atoms with Crippen molar-refractivity contribution in [2.45, 2.75) is 25.9 Å². The molecule has 4 nitrogen and oxygen atoms in total. The van der Waals surface area contributed by atoms with Crippen molar-refractivity contribution in [3.63, 3.8) is 0 Å². The SMILES string of the molecule is Cc1ccc(CCc2nnc(-c3ccccn3)n2-c2ccccc2)cc1C(F)(F)F. The maximum atomic E-state index is 13.2. The van der Waals surface area contributed by atoms with Crippen molar-refractivity contribution in [1.29, 1.82) is 0 Å². The summed E-state index contributed by atoms with van der Waals surface area (Å²) in [4.78, 5) is 4.37. The molecule has 4 aromatic rings. The zero-order chi connectivity index (χ0) is 21.1. The molecule has 2 aromatic carbocycles. The Balaban J connectivity index is 1.68. The highest BCUT2D eigenvalue weighted by Gasteiger charge is 2.32. The minimum absolute atomic E-state index is 0.219. The first kappa shape index (κ1) is 19.8. The van der Waals surface area contributed by atoms with Gasteiger partial charge in [0.25, 0.3) is 0 Å². The van der Waals surface area contributed by atoms with E-state index in [-0.39, 0.29) is 5.56 Å². The maximum absolute atomic E-state index is 13.2. The van der Waals surface area contributed by atoms with Gasteiger partial charge in [-0.1, -0.05) is 36.4 Å². The molecule has 7 heteroatoms. The molecular formula is C23H19F3N4. The number of halogens is 3. The molecule has 0 fully saturated rings. The van der Waals surface area contributed by atoms with Gasteiger partial charge in [-0.25, -0.2) is 0 Å². The number of hydrogen-bond acceptors (Lipinski definition) is 3. The van der Waals surface area contributed by atoms with E-state index in [1.807, 2.05) is 53.1 Å². The van der Waals surface area contributed by atoms with Gasteiger partial charge in [0.1, 0.15) is 11.5 Å². The minimum Gasteiger partial charge on any atom is -0.278 e. The number of rotatable bonds is 5. The summed E-state index contributed by atoms with van der Waals surface area (Å²) >= 11 is 0. The first-order valence-electron chi connectivity index (χ1n) is 9.51. The van der Waals surface area contributed by atoms with E-state index in [4.69, 9.17) is 0 Å². The molecule has 152 valence electrons. The number of aryl methyl sites for hydroxylation is 3. The Morgan fingerprint density at radius 3 is 2.33 bits per heavy atom. The normalized spacial score (nSPS) is 11.6. The van der Waals surface area contributed by atoms with Crippen LogP contribution in [0.4, 0.5) is 13.2 Å². The van der Waals surface area contributed by atoms with Crippen LogP contribution in [-0.4, -0.2) is 19.7 Å². The molecular weight excluding hydrogens is 389 g/mol. The third-order valence-corrected chi connectivity index (χ3v) is 4.88. The van der Waals surface area contributed by atoms with Gasteiger partial charge in [-0.2, -0.15) is 13.2 Å². The van der Waals surface area contributed by atoms with Crippen molar-refractivity contribution in [2.75, 3.05) is 0 Å². The predicted octanol–water partition coefficient (Wildman–Crippen LogP) is 5.44. The van der Waals surface area contributed by atoms with Crippen molar-refractivity contribution in [2.24, 2.45) is 0 Å². The van der Waals surface area contributed by atoms with E-state index >= 15 is 0 Å². The largest absolute Gasteiger partial charge is 0.416 e. The third kappa shape index (κ3) is 4.10.